The number of hydrogen-bond acceptors (Lipinski definition) is 4. The second kappa shape index (κ2) is 6.23. The number of aliphatic hydroxyl groups is 1. The highest BCUT2D eigenvalue weighted by atomic mass is 32.1. The molecule has 2 rings (SSSR count). The fraction of sp³-hybridized carbons (Fsp3) is 0.0769. The summed E-state index contributed by atoms with van der Waals surface area (Å²) in [6, 6.07) is 2.62. The van der Waals surface area contributed by atoms with Gasteiger partial charge in [0.05, 0.1) is 16.6 Å². The highest BCUT2D eigenvalue weighted by Crippen LogP contribution is 2.19. The van der Waals surface area contributed by atoms with E-state index in [2.05, 4.69) is 22.1 Å². The summed E-state index contributed by atoms with van der Waals surface area (Å²) >= 11 is 1.06. The third kappa shape index (κ3) is 3.38. The highest BCUT2D eigenvalue weighted by Gasteiger charge is 2.14. The monoisotopic (exact) mass is 294 g/mol. The molecular weight excluding hydrogens is 286 g/mol. The number of carbonyl (C=O) groups excluding carboxylic acids is 1. The summed E-state index contributed by atoms with van der Waals surface area (Å²) in [5, 5.41) is 11.1. The van der Waals surface area contributed by atoms with E-state index >= 15 is 0 Å². The minimum absolute atomic E-state index is 0.209. The van der Waals surface area contributed by atoms with Crippen LogP contribution >= 0.6 is 11.3 Å². The maximum atomic E-state index is 13.4. The zero-order chi connectivity index (χ0) is 14.5. The Hall–Kier alpha value is -2.30. The fourth-order valence-electron chi connectivity index (χ4n) is 1.35. The van der Waals surface area contributed by atoms with Gasteiger partial charge in [0.1, 0.15) is 18.2 Å². The predicted octanol–water partition coefficient (Wildman–Crippen LogP) is 2.02. The van der Waals surface area contributed by atoms with Crippen molar-refractivity contribution in [2.24, 2.45) is 0 Å². The molecule has 0 atom stereocenters. The molecule has 2 N–H and O–H groups in total. The maximum absolute atomic E-state index is 13.4. The number of carbonyl (C=O) groups is 1. The lowest BCUT2D eigenvalue weighted by Crippen LogP contribution is -2.13. The molecule has 1 heterocycles. The maximum Gasteiger partial charge on any atom is 0.260 e. The van der Waals surface area contributed by atoms with Gasteiger partial charge in [-0.3, -0.25) is 10.1 Å². The second-order valence-corrected chi connectivity index (χ2v) is 4.60. The topological polar surface area (TPSA) is 62.2 Å². The van der Waals surface area contributed by atoms with Gasteiger partial charge in [-0.05, 0) is 18.2 Å². The number of aromatic nitrogens is 1. The Bertz CT molecular complexity index is 704. The van der Waals surface area contributed by atoms with Gasteiger partial charge in [-0.1, -0.05) is 23.2 Å². The molecule has 1 amide bonds. The number of halogens is 2. The minimum Gasteiger partial charge on any atom is -0.384 e. The number of benzene rings is 1. The van der Waals surface area contributed by atoms with E-state index in [1.54, 1.807) is 0 Å². The van der Waals surface area contributed by atoms with Gasteiger partial charge in [0.15, 0.2) is 5.13 Å². The van der Waals surface area contributed by atoms with Crippen LogP contribution in [0.5, 0.6) is 0 Å². The first kappa shape index (κ1) is 14.1. The van der Waals surface area contributed by atoms with Gasteiger partial charge in [0, 0.05) is 0 Å². The number of nitrogens with zero attached hydrogens (tertiary/aromatic N) is 1. The van der Waals surface area contributed by atoms with Crippen LogP contribution in [0.2, 0.25) is 0 Å². The summed E-state index contributed by atoms with van der Waals surface area (Å²) in [5.41, 5.74) is -0.400. The van der Waals surface area contributed by atoms with Gasteiger partial charge in [0.25, 0.3) is 5.91 Å². The van der Waals surface area contributed by atoms with Crippen molar-refractivity contribution < 1.29 is 18.7 Å². The summed E-state index contributed by atoms with van der Waals surface area (Å²) in [5.74, 6) is 2.74. The van der Waals surface area contributed by atoms with Gasteiger partial charge < -0.3 is 5.11 Å². The number of rotatable bonds is 2. The standard InChI is InChI=1S/C13H8F2N2O2S/c14-8-3-4-11(15)10(6-8)12(19)17-13-16-7-9(20-13)2-1-5-18/h3-4,6-7,18H,5H2,(H,16,17,19). The Kier molecular flexibility index (Phi) is 4.40. The van der Waals surface area contributed by atoms with E-state index in [-0.39, 0.29) is 11.7 Å². The van der Waals surface area contributed by atoms with Gasteiger partial charge in [0.2, 0.25) is 0 Å². The molecule has 102 valence electrons. The number of amides is 1. The summed E-state index contributed by atoms with van der Waals surface area (Å²) in [6.45, 7) is -0.284. The van der Waals surface area contributed by atoms with E-state index in [0.29, 0.717) is 4.88 Å². The number of anilines is 1. The van der Waals surface area contributed by atoms with Crippen molar-refractivity contribution in [2.45, 2.75) is 0 Å². The molecule has 0 saturated heterocycles. The molecule has 1 aromatic heterocycles. The number of hydrogen-bond donors (Lipinski definition) is 2. The van der Waals surface area contributed by atoms with Gasteiger partial charge in [-0.15, -0.1) is 0 Å². The third-order valence-corrected chi connectivity index (χ3v) is 3.02. The number of aliphatic hydroxyl groups excluding tert-OH is 1. The van der Waals surface area contributed by atoms with E-state index in [0.717, 1.165) is 29.5 Å². The largest absolute Gasteiger partial charge is 0.384 e. The van der Waals surface area contributed by atoms with Crippen molar-refractivity contribution in [3.05, 3.63) is 46.5 Å². The molecule has 4 nitrogen and oxygen atoms in total. The minimum atomic E-state index is -0.819. The summed E-state index contributed by atoms with van der Waals surface area (Å²) < 4.78 is 26.4. The van der Waals surface area contributed by atoms with E-state index in [4.69, 9.17) is 5.11 Å². The first-order chi connectivity index (χ1) is 9.60. The molecule has 0 radical (unpaired) electrons. The predicted molar refractivity (Wildman–Crippen MR) is 70.4 cm³/mol. The van der Waals surface area contributed by atoms with Crippen molar-refractivity contribution >= 4 is 22.4 Å². The van der Waals surface area contributed by atoms with E-state index in [1.165, 1.54) is 6.20 Å². The summed E-state index contributed by atoms with van der Waals surface area (Å²) in [6.07, 6.45) is 1.41. The molecule has 7 heteroatoms. The van der Waals surface area contributed by atoms with Crippen molar-refractivity contribution in [2.75, 3.05) is 11.9 Å². The fourth-order valence-corrected chi connectivity index (χ4v) is 2.04. The van der Waals surface area contributed by atoms with Crippen LogP contribution < -0.4 is 5.32 Å². The molecule has 0 spiro atoms. The van der Waals surface area contributed by atoms with Crippen LogP contribution in [0, 0.1) is 23.5 Å². The zero-order valence-corrected chi connectivity index (χ0v) is 10.8. The number of nitrogens with one attached hydrogen (secondary N) is 1. The van der Waals surface area contributed by atoms with E-state index in [1.807, 2.05) is 0 Å². The van der Waals surface area contributed by atoms with Crippen LogP contribution in [-0.4, -0.2) is 22.6 Å². The quantitative estimate of drug-likeness (QED) is 0.833. The van der Waals surface area contributed by atoms with Crippen molar-refractivity contribution in [1.29, 1.82) is 0 Å². The Morgan fingerprint density at radius 1 is 1.45 bits per heavy atom. The van der Waals surface area contributed by atoms with Crippen LogP contribution in [0.4, 0.5) is 13.9 Å². The molecule has 2 aromatic rings. The molecule has 0 bridgehead atoms. The molecule has 0 fully saturated rings. The molecule has 20 heavy (non-hydrogen) atoms. The number of thiazole rings is 1. The average molecular weight is 294 g/mol. The van der Waals surface area contributed by atoms with Crippen LogP contribution in [0.25, 0.3) is 0 Å². The SMILES string of the molecule is O=C(Nc1ncc(C#CCO)s1)c1cc(F)ccc1F. The Labute approximate surface area is 117 Å². The molecule has 1 aromatic carbocycles. The summed E-state index contributed by atoms with van der Waals surface area (Å²) in [7, 11) is 0. The van der Waals surface area contributed by atoms with Gasteiger partial charge in [-0.2, -0.15) is 0 Å². The lowest BCUT2D eigenvalue weighted by molar-refractivity contribution is 0.102. The smallest absolute Gasteiger partial charge is 0.260 e. The van der Waals surface area contributed by atoms with Crippen LogP contribution in [0.15, 0.2) is 24.4 Å². The van der Waals surface area contributed by atoms with E-state index in [9.17, 15) is 13.6 Å². The average Bonchev–Trinajstić information content (AvgIpc) is 2.86. The second-order valence-electron chi connectivity index (χ2n) is 3.57. The lowest BCUT2D eigenvalue weighted by Gasteiger charge is -2.02. The first-order valence-corrected chi connectivity index (χ1v) is 6.24. The molecule has 0 unspecified atom stereocenters. The Morgan fingerprint density at radius 2 is 2.25 bits per heavy atom. The van der Waals surface area contributed by atoms with Crippen LogP contribution in [0.1, 0.15) is 15.2 Å². The zero-order valence-electron chi connectivity index (χ0n) is 9.98. The lowest BCUT2D eigenvalue weighted by atomic mass is 10.2. The van der Waals surface area contributed by atoms with Gasteiger partial charge >= 0.3 is 0 Å². The highest BCUT2D eigenvalue weighted by molar-refractivity contribution is 7.16. The van der Waals surface area contributed by atoms with Crippen molar-refractivity contribution in [3.63, 3.8) is 0 Å². The van der Waals surface area contributed by atoms with Crippen LogP contribution in [-0.2, 0) is 0 Å². The van der Waals surface area contributed by atoms with Crippen LogP contribution in [0.3, 0.4) is 0 Å². The molecule has 0 aliphatic rings. The van der Waals surface area contributed by atoms with Crippen molar-refractivity contribution in [1.82, 2.24) is 4.98 Å². The normalized spacial score (nSPS) is 9.75. The molecular formula is C13H8F2N2O2S. The first-order valence-electron chi connectivity index (χ1n) is 5.42. The van der Waals surface area contributed by atoms with Gasteiger partial charge in [-0.25, -0.2) is 13.8 Å². The van der Waals surface area contributed by atoms with E-state index < -0.39 is 23.1 Å². The third-order valence-electron chi connectivity index (χ3n) is 2.19. The van der Waals surface area contributed by atoms with Crippen molar-refractivity contribution in [3.8, 4) is 11.8 Å². The summed E-state index contributed by atoms with van der Waals surface area (Å²) in [4.78, 5) is 16.2. The molecule has 0 saturated carbocycles. The Balaban J connectivity index is 2.15. The molecule has 0 aliphatic carbocycles. The molecule has 0 aliphatic heterocycles. The Morgan fingerprint density at radius 3 is 3.00 bits per heavy atom.